The molecule has 128 valence electrons. The van der Waals surface area contributed by atoms with Gasteiger partial charge in [-0.05, 0) is 36.4 Å². The summed E-state index contributed by atoms with van der Waals surface area (Å²) in [4.78, 5) is 13.2. The molecule has 0 heterocycles. The lowest BCUT2D eigenvalue weighted by molar-refractivity contribution is -0.871. The van der Waals surface area contributed by atoms with Gasteiger partial charge in [0.25, 0.3) is 5.91 Å². The van der Waals surface area contributed by atoms with Crippen LogP contribution in [0.25, 0.3) is 0 Å². The van der Waals surface area contributed by atoms with Crippen molar-refractivity contribution < 1.29 is 19.2 Å². The molecule has 2 aromatic rings. The lowest BCUT2D eigenvalue weighted by Crippen LogP contribution is -3.10. The van der Waals surface area contributed by atoms with Crippen LogP contribution in [0.3, 0.4) is 0 Å². The highest BCUT2D eigenvalue weighted by Crippen LogP contribution is 2.22. The molecule has 24 heavy (non-hydrogen) atoms. The Bertz CT molecular complexity index is 662. The van der Waals surface area contributed by atoms with Crippen LogP contribution in [0.4, 0.5) is 5.69 Å². The van der Waals surface area contributed by atoms with Gasteiger partial charge in [0.15, 0.2) is 6.54 Å². The van der Waals surface area contributed by atoms with Crippen LogP contribution in [0.5, 0.6) is 11.5 Å². The summed E-state index contributed by atoms with van der Waals surface area (Å²) in [5.74, 6) is 1.35. The molecule has 6 heteroatoms. The van der Waals surface area contributed by atoms with Gasteiger partial charge in [0.2, 0.25) is 0 Å². The van der Waals surface area contributed by atoms with Gasteiger partial charge in [-0.3, -0.25) is 4.79 Å². The summed E-state index contributed by atoms with van der Waals surface area (Å²) in [7, 11) is 3.53. The first-order valence-electron chi connectivity index (χ1n) is 7.71. The summed E-state index contributed by atoms with van der Waals surface area (Å²) in [6.45, 7) is 1.58. The molecule has 0 aromatic heterocycles. The Morgan fingerprint density at radius 3 is 2.58 bits per heavy atom. The molecule has 1 unspecified atom stereocenters. The van der Waals surface area contributed by atoms with E-state index in [9.17, 15) is 4.79 Å². The summed E-state index contributed by atoms with van der Waals surface area (Å²) in [6.07, 6.45) is 0. The number of benzene rings is 2. The van der Waals surface area contributed by atoms with Crippen molar-refractivity contribution in [3.8, 4) is 11.5 Å². The number of halogens is 1. The first-order valence-corrected chi connectivity index (χ1v) is 8.09. The van der Waals surface area contributed by atoms with Gasteiger partial charge in [0.05, 0.1) is 19.8 Å². The molecule has 1 atom stereocenters. The summed E-state index contributed by atoms with van der Waals surface area (Å²) < 4.78 is 10.9. The molecule has 0 saturated carbocycles. The number of rotatable bonds is 8. The second kappa shape index (κ2) is 9.15. The van der Waals surface area contributed by atoms with Crippen molar-refractivity contribution in [2.45, 2.75) is 0 Å². The smallest absolute Gasteiger partial charge is 0.279 e. The van der Waals surface area contributed by atoms with E-state index in [2.05, 4.69) is 5.32 Å². The van der Waals surface area contributed by atoms with Crippen molar-refractivity contribution in [2.75, 3.05) is 39.2 Å². The van der Waals surface area contributed by atoms with Crippen molar-refractivity contribution in [1.82, 2.24) is 0 Å². The van der Waals surface area contributed by atoms with Gasteiger partial charge in [-0.15, -0.1) is 0 Å². The van der Waals surface area contributed by atoms with Crippen LogP contribution in [0.2, 0.25) is 5.02 Å². The SMILES string of the molecule is COc1ccccc1NC(=O)C[NH+](C)CCOc1ccc(Cl)cc1. The van der Waals surface area contributed by atoms with Gasteiger partial charge in [-0.1, -0.05) is 23.7 Å². The van der Waals surface area contributed by atoms with Gasteiger partial charge >= 0.3 is 0 Å². The van der Waals surface area contributed by atoms with Gasteiger partial charge in [0.1, 0.15) is 24.7 Å². The third kappa shape index (κ3) is 5.76. The number of amides is 1. The fourth-order valence-corrected chi connectivity index (χ4v) is 2.30. The molecule has 0 spiro atoms. The molecular formula is C18H22ClN2O3+. The standard InChI is InChI=1S/C18H21ClN2O3/c1-21(11-12-24-15-9-7-14(19)8-10-15)13-18(22)20-16-5-3-4-6-17(16)23-2/h3-10H,11-13H2,1-2H3,(H,20,22)/p+1. The molecule has 2 aromatic carbocycles. The first-order chi connectivity index (χ1) is 11.6. The fourth-order valence-electron chi connectivity index (χ4n) is 2.18. The average Bonchev–Trinajstić information content (AvgIpc) is 2.57. The average molecular weight is 350 g/mol. The second-order valence-corrected chi connectivity index (χ2v) is 5.87. The number of quaternary nitrogens is 1. The maximum atomic E-state index is 12.1. The van der Waals surface area contributed by atoms with Crippen molar-refractivity contribution in [3.63, 3.8) is 0 Å². The zero-order valence-corrected chi connectivity index (χ0v) is 14.6. The van der Waals surface area contributed by atoms with Crippen molar-refractivity contribution in [3.05, 3.63) is 53.6 Å². The van der Waals surface area contributed by atoms with Crippen LogP contribution in [0, 0.1) is 0 Å². The fraction of sp³-hybridized carbons (Fsp3) is 0.278. The molecule has 0 bridgehead atoms. The molecule has 0 saturated heterocycles. The highest BCUT2D eigenvalue weighted by molar-refractivity contribution is 6.30. The Hall–Kier alpha value is -2.24. The van der Waals surface area contributed by atoms with E-state index in [1.54, 1.807) is 19.2 Å². The number of hydrogen-bond donors (Lipinski definition) is 2. The summed E-state index contributed by atoms with van der Waals surface area (Å²) >= 11 is 5.83. The third-order valence-electron chi connectivity index (χ3n) is 3.45. The van der Waals surface area contributed by atoms with Crippen molar-refractivity contribution in [2.24, 2.45) is 0 Å². The van der Waals surface area contributed by atoms with E-state index in [0.717, 1.165) is 10.6 Å². The first kappa shape index (κ1) is 18.1. The Labute approximate surface area is 147 Å². The minimum atomic E-state index is -0.0662. The van der Waals surface area contributed by atoms with E-state index in [1.807, 2.05) is 43.4 Å². The zero-order valence-electron chi connectivity index (χ0n) is 13.8. The highest BCUT2D eigenvalue weighted by atomic mass is 35.5. The number of methoxy groups -OCH3 is 1. The molecule has 5 nitrogen and oxygen atoms in total. The minimum absolute atomic E-state index is 0.0662. The van der Waals surface area contributed by atoms with E-state index in [0.29, 0.717) is 36.2 Å². The maximum absolute atomic E-state index is 12.1. The van der Waals surface area contributed by atoms with Crippen LogP contribution in [-0.2, 0) is 4.79 Å². The molecule has 0 aliphatic heterocycles. The third-order valence-corrected chi connectivity index (χ3v) is 3.71. The molecular weight excluding hydrogens is 328 g/mol. The number of anilines is 1. The Balaban J connectivity index is 1.74. The van der Waals surface area contributed by atoms with E-state index >= 15 is 0 Å². The molecule has 0 aliphatic rings. The van der Waals surface area contributed by atoms with Gasteiger partial charge in [0, 0.05) is 5.02 Å². The Morgan fingerprint density at radius 2 is 1.88 bits per heavy atom. The molecule has 0 radical (unpaired) electrons. The van der Waals surface area contributed by atoms with Crippen LogP contribution < -0.4 is 19.7 Å². The second-order valence-electron chi connectivity index (χ2n) is 5.43. The number of nitrogens with one attached hydrogen (secondary N) is 2. The lowest BCUT2D eigenvalue weighted by atomic mass is 10.3. The van der Waals surface area contributed by atoms with Crippen molar-refractivity contribution in [1.29, 1.82) is 0 Å². The summed E-state index contributed by atoms with van der Waals surface area (Å²) in [5, 5.41) is 3.55. The van der Waals surface area contributed by atoms with Gasteiger partial charge in [-0.25, -0.2) is 0 Å². The summed E-state index contributed by atoms with van der Waals surface area (Å²) in [5.41, 5.74) is 0.676. The highest BCUT2D eigenvalue weighted by Gasteiger charge is 2.12. The number of hydrogen-bond acceptors (Lipinski definition) is 3. The molecule has 0 aliphatic carbocycles. The molecule has 2 N–H and O–H groups in total. The van der Waals surface area contributed by atoms with Crippen LogP contribution in [-0.4, -0.2) is 39.8 Å². The van der Waals surface area contributed by atoms with Gasteiger partial charge in [-0.2, -0.15) is 0 Å². The van der Waals surface area contributed by atoms with E-state index < -0.39 is 0 Å². The number of carbonyl (C=O) groups is 1. The number of ether oxygens (including phenoxy) is 2. The number of likely N-dealkylation sites (N-methyl/N-ethyl adjacent to an activating group) is 1. The Morgan fingerprint density at radius 1 is 1.17 bits per heavy atom. The predicted octanol–water partition coefficient (Wildman–Crippen LogP) is 1.88. The molecule has 2 rings (SSSR count). The van der Waals surface area contributed by atoms with Crippen LogP contribution >= 0.6 is 11.6 Å². The maximum Gasteiger partial charge on any atom is 0.279 e. The van der Waals surface area contributed by atoms with E-state index in [-0.39, 0.29) is 5.91 Å². The minimum Gasteiger partial charge on any atom is -0.495 e. The zero-order chi connectivity index (χ0) is 17.4. The quantitative estimate of drug-likeness (QED) is 0.765. The summed E-state index contributed by atoms with van der Waals surface area (Å²) in [6, 6.07) is 14.6. The number of para-hydroxylation sites is 2. The van der Waals surface area contributed by atoms with Crippen LogP contribution in [0.1, 0.15) is 0 Å². The monoisotopic (exact) mass is 349 g/mol. The van der Waals surface area contributed by atoms with E-state index in [1.165, 1.54) is 0 Å². The Kier molecular flexibility index (Phi) is 6.90. The van der Waals surface area contributed by atoms with Crippen LogP contribution in [0.15, 0.2) is 48.5 Å². The number of carbonyl (C=O) groups excluding carboxylic acids is 1. The normalized spacial score (nSPS) is 11.6. The lowest BCUT2D eigenvalue weighted by Gasteiger charge is -2.15. The molecule has 0 fully saturated rings. The topological polar surface area (TPSA) is 52.0 Å². The predicted molar refractivity (Wildman–Crippen MR) is 95.2 cm³/mol. The van der Waals surface area contributed by atoms with Gasteiger partial charge < -0.3 is 19.7 Å². The molecule has 1 amide bonds. The van der Waals surface area contributed by atoms with Crippen molar-refractivity contribution >= 4 is 23.2 Å². The van der Waals surface area contributed by atoms with E-state index in [4.69, 9.17) is 21.1 Å². The largest absolute Gasteiger partial charge is 0.495 e.